The van der Waals surface area contributed by atoms with E-state index < -0.39 is 0 Å². The van der Waals surface area contributed by atoms with Gasteiger partial charge in [-0.1, -0.05) is 23.6 Å². The molecule has 2 rings (SSSR count). The Morgan fingerprint density at radius 1 is 1.47 bits per heavy atom. The van der Waals surface area contributed by atoms with Gasteiger partial charge in [-0.05, 0) is 18.4 Å². The van der Waals surface area contributed by atoms with Crippen molar-refractivity contribution < 1.29 is 5.11 Å². The van der Waals surface area contributed by atoms with E-state index >= 15 is 0 Å². The topological polar surface area (TPSA) is 33.1 Å². The van der Waals surface area contributed by atoms with Crippen LogP contribution in [0.5, 0.6) is 0 Å². The second kappa shape index (κ2) is 6.22. The normalized spacial score (nSPS) is 10.0. The van der Waals surface area contributed by atoms with Crippen LogP contribution in [0.3, 0.4) is 0 Å². The first-order chi connectivity index (χ1) is 8.29. The van der Waals surface area contributed by atoms with Gasteiger partial charge >= 0.3 is 0 Å². The highest BCUT2D eigenvalue weighted by Gasteiger charge is 2.05. The molecule has 0 aromatic carbocycles. The van der Waals surface area contributed by atoms with E-state index in [4.69, 9.17) is 5.11 Å². The molecule has 0 radical (unpaired) electrons. The highest BCUT2D eigenvalue weighted by atomic mass is 32.2. The van der Waals surface area contributed by atoms with Crippen LogP contribution >= 0.6 is 34.4 Å². The number of nitrogens with zero attached hydrogens (tertiary/aromatic N) is 1. The average molecular weight is 281 g/mol. The maximum atomic E-state index is 8.68. The van der Waals surface area contributed by atoms with Crippen LogP contribution in [-0.2, 0) is 5.75 Å². The van der Waals surface area contributed by atoms with Gasteiger partial charge in [0, 0.05) is 27.3 Å². The van der Waals surface area contributed by atoms with Gasteiger partial charge < -0.3 is 5.11 Å². The quantitative estimate of drug-likeness (QED) is 0.693. The molecule has 0 saturated heterocycles. The Kier molecular flexibility index (Phi) is 4.63. The minimum Gasteiger partial charge on any atom is -0.384 e. The fraction of sp³-hybridized carbons (Fsp3) is 0.250. The summed E-state index contributed by atoms with van der Waals surface area (Å²) >= 11 is 5.11. The van der Waals surface area contributed by atoms with Crippen molar-refractivity contribution in [3.8, 4) is 11.8 Å². The minimum absolute atomic E-state index is 0.0892. The Bertz CT molecular complexity index is 547. The van der Waals surface area contributed by atoms with Gasteiger partial charge in [-0.2, -0.15) is 0 Å². The molecule has 0 fully saturated rings. The summed E-state index contributed by atoms with van der Waals surface area (Å²) in [5.41, 5.74) is 2.09. The lowest BCUT2D eigenvalue weighted by molar-refractivity contribution is 0.350. The van der Waals surface area contributed by atoms with Crippen LogP contribution < -0.4 is 0 Å². The zero-order valence-corrected chi connectivity index (χ0v) is 11.7. The predicted octanol–water partition coefficient (Wildman–Crippen LogP) is 3.15. The molecule has 0 spiro atoms. The number of thiophene rings is 1. The fourth-order valence-corrected chi connectivity index (χ4v) is 4.02. The Morgan fingerprint density at radius 2 is 2.35 bits per heavy atom. The van der Waals surface area contributed by atoms with Crippen molar-refractivity contribution in [3.63, 3.8) is 0 Å². The van der Waals surface area contributed by atoms with Crippen LogP contribution in [0, 0.1) is 18.8 Å². The van der Waals surface area contributed by atoms with E-state index in [1.165, 1.54) is 4.88 Å². The zero-order valence-electron chi connectivity index (χ0n) is 9.27. The molecule has 2 nitrogen and oxygen atoms in total. The third-order valence-corrected chi connectivity index (χ3v) is 5.24. The molecule has 5 heteroatoms. The van der Waals surface area contributed by atoms with Gasteiger partial charge in [-0.25, -0.2) is 4.98 Å². The van der Waals surface area contributed by atoms with E-state index in [1.54, 1.807) is 34.4 Å². The lowest BCUT2D eigenvalue weighted by Crippen LogP contribution is -1.81. The Balaban J connectivity index is 2.01. The van der Waals surface area contributed by atoms with Gasteiger partial charge in [0.1, 0.15) is 10.9 Å². The molecule has 0 aliphatic carbocycles. The van der Waals surface area contributed by atoms with E-state index in [0.717, 1.165) is 21.3 Å². The standard InChI is InChI=1S/C12H11NOS3/c1-9-7-16-12(13-9)17-8-11-10(3-2-5-14)4-6-15-11/h4,6-7,14H,5,8H2,1H3. The number of thiazole rings is 1. The second-order valence-electron chi connectivity index (χ2n) is 3.26. The molecular formula is C12H11NOS3. The van der Waals surface area contributed by atoms with Crippen LogP contribution in [0.25, 0.3) is 0 Å². The molecule has 0 saturated carbocycles. The summed E-state index contributed by atoms with van der Waals surface area (Å²) in [5, 5.41) is 12.8. The predicted molar refractivity (Wildman–Crippen MR) is 74.7 cm³/mol. The molecule has 0 aliphatic heterocycles. The minimum atomic E-state index is -0.0892. The highest BCUT2D eigenvalue weighted by Crippen LogP contribution is 2.29. The third-order valence-electron chi connectivity index (χ3n) is 1.97. The SMILES string of the molecule is Cc1csc(SCc2sccc2C#CCO)n1. The third kappa shape index (κ3) is 3.58. The van der Waals surface area contributed by atoms with Gasteiger partial charge in [0.15, 0.2) is 0 Å². The smallest absolute Gasteiger partial charge is 0.150 e. The average Bonchev–Trinajstić information content (AvgIpc) is 2.92. The van der Waals surface area contributed by atoms with Crippen molar-refractivity contribution in [1.82, 2.24) is 4.98 Å². The molecule has 0 unspecified atom stereocenters. The summed E-state index contributed by atoms with van der Waals surface area (Å²) in [6.07, 6.45) is 0. The lowest BCUT2D eigenvalue weighted by Gasteiger charge is -1.96. The fourth-order valence-electron chi connectivity index (χ4n) is 1.22. The molecular weight excluding hydrogens is 270 g/mol. The molecule has 17 heavy (non-hydrogen) atoms. The van der Waals surface area contributed by atoms with Gasteiger partial charge in [-0.15, -0.1) is 22.7 Å². The number of aliphatic hydroxyl groups excluding tert-OH is 1. The van der Waals surface area contributed by atoms with Crippen molar-refractivity contribution in [2.24, 2.45) is 0 Å². The number of hydrogen-bond acceptors (Lipinski definition) is 5. The monoisotopic (exact) mass is 281 g/mol. The maximum Gasteiger partial charge on any atom is 0.150 e. The van der Waals surface area contributed by atoms with Crippen molar-refractivity contribution in [3.05, 3.63) is 33.0 Å². The summed E-state index contributed by atoms with van der Waals surface area (Å²) in [7, 11) is 0. The molecule has 0 amide bonds. The van der Waals surface area contributed by atoms with Crippen molar-refractivity contribution in [2.75, 3.05) is 6.61 Å². The number of hydrogen-bond donors (Lipinski definition) is 1. The highest BCUT2D eigenvalue weighted by molar-refractivity contribution is 8.00. The van der Waals surface area contributed by atoms with Gasteiger partial charge in [0.05, 0.1) is 0 Å². The van der Waals surface area contributed by atoms with E-state index in [1.807, 2.05) is 18.4 Å². The van der Waals surface area contributed by atoms with Crippen LogP contribution in [-0.4, -0.2) is 16.7 Å². The second-order valence-corrected chi connectivity index (χ2v) is 6.34. The summed E-state index contributed by atoms with van der Waals surface area (Å²) in [6.45, 7) is 1.91. The van der Waals surface area contributed by atoms with E-state index in [9.17, 15) is 0 Å². The van der Waals surface area contributed by atoms with Gasteiger partial charge in [0.2, 0.25) is 0 Å². The molecule has 2 heterocycles. The molecule has 0 aliphatic rings. The first kappa shape index (κ1) is 12.7. The summed E-state index contributed by atoms with van der Waals surface area (Å²) in [4.78, 5) is 5.65. The lowest BCUT2D eigenvalue weighted by atomic mass is 10.3. The molecule has 2 aromatic rings. The van der Waals surface area contributed by atoms with Crippen LogP contribution in [0.2, 0.25) is 0 Å². The molecule has 0 atom stereocenters. The van der Waals surface area contributed by atoms with E-state index in [2.05, 4.69) is 22.2 Å². The van der Waals surface area contributed by atoms with Gasteiger partial charge in [-0.3, -0.25) is 0 Å². The first-order valence-electron chi connectivity index (χ1n) is 5.00. The zero-order chi connectivity index (χ0) is 12.1. The number of aryl methyl sites for hydroxylation is 1. The number of aromatic nitrogens is 1. The summed E-state index contributed by atoms with van der Waals surface area (Å²) < 4.78 is 1.09. The van der Waals surface area contributed by atoms with E-state index in [-0.39, 0.29) is 6.61 Å². The van der Waals surface area contributed by atoms with Crippen molar-refractivity contribution in [1.29, 1.82) is 0 Å². The molecule has 1 N–H and O–H groups in total. The summed E-state index contributed by atoms with van der Waals surface area (Å²) in [6, 6.07) is 2.00. The van der Waals surface area contributed by atoms with E-state index in [0.29, 0.717) is 0 Å². The van der Waals surface area contributed by atoms with Crippen LogP contribution in [0.1, 0.15) is 16.1 Å². The number of aliphatic hydroxyl groups is 1. The molecule has 88 valence electrons. The van der Waals surface area contributed by atoms with Crippen LogP contribution in [0.15, 0.2) is 21.2 Å². The van der Waals surface area contributed by atoms with Crippen molar-refractivity contribution in [2.45, 2.75) is 17.0 Å². The summed E-state index contributed by atoms with van der Waals surface area (Å²) in [5.74, 6) is 6.54. The van der Waals surface area contributed by atoms with Gasteiger partial charge in [0.25, 0.3) is 0 Å². The number of rotatable bonds is 3. The Morgan fingerprint density at radius 3 is 3.06 bits per heavy atom. The number of thioether (sulfide) groups is 1. The first-order valence-corrected chi connectivity index (χ1v) is 7.75. The Hall–Kier alpha value is -0.800. The Labute approximate surface area is 113 Å². The van der Waals surface area contributed by atoms with Crippen molar-refractivity contribution >= 4 is 34.4 Å². The van der Waals surface area contributed by atoms with Crippen LogP contribution in [0.4, 0.5) is 0 Å². The maximum absolute atomic E-state index is 8.68. The largest absolute Gasteiger partial charge is 0.384 e. The molecule has 2 aromatic heterocycles. The molecule has 0 bridgehead atoms.